The minimum Gasteiger partial charge on any atom is -0.396 e. The molecule has 0 fully saturated rings. The van der Waals surface area contributed by atoms with Gasteiger partial charge in [-0.25, -0.2) is 0 Å². The molecule has 15 heavy (non-hydrogen) atoms. The molecular weight excluding hydrogens is 186 g/mol. The third kappa shape index (κ3) is 3.76. The Balaban J connectivity index is 2.71. The van der Waals surface area contributed by atoms with E-state index in [-0.39, 0.29) is 6.61 Å². The summed E-state index contributed by atoms with van der Waals surface area (Å²) < 4.78 is 0. The Morgan fingerprint density at radius 2 is 2.27 bits per heavy atom. The van der Waals surface area contributed by atoms with Gasteiger partial charge in [-0.15, -0.1) is 6.58 Å². The van der Waals surface area contributed by atoms with Crippen molar-refractivity contribution in [2.75, 3.05) is 18.5 Å². The minimum atomic E-state index is 0.232. The summed E-state index contributed by atoms with van der Waals surface area (Å²) >= 11 is 0. The number of aryl methyl sites for hydroxylation is 1. The second-order valence-corrected chi connectivity index (χ2v) is 3.66. The van der Waals surface area contributed by atoms with Gasteiger partial charge in [0.05, 0.1) is 0 Å². The first-order valence-electron chi connectivity index (χ1n) is 5.33. The number of anilines is 1. The van der Waals surface area contributed by atoms with Gasteiger partial charge in [-0.1, -0.05) is 23.8 Å². The lowest BCUT2D eigenvalue weighted by Crippen LogP contribution is -2.05. The van der Waals surface area contributed by atoms with Crippen LogP contribution >= 0.6 is 0 Å². The van der Waals surface area contributed by atoms with E-state index in [1.54, 1.807) is 0 Å². The second kappa shape index (κ2) is 6.25. The Morgan fingerprint density at radius 3 is 2.93 bits per heavy atom. The Labute approximate surface area is 91.6 Å². The van der Waals surface area contributed by atoms with E-state index in [1.165, 1.54) is 11.1 Å². The zero-order chi connectivity index (χ0) is 11.1. The van der Waals surface area contributed by atoms with Crippen LogP contribution in [-0.2, 0) is 6.42 Å². The molecule has 0 aliphatic carbocycles. The molecule has 0 bridgehead atoms. The molecule has 0 heterocycles. The Morgan fingerprint density at radius 1 is 1.47 bits per heavy atom. The van der Waals surface area contributed by atoms with Gasteiger partial charge in [0.25, 0.3) is 0 Å². The maximum absolute atomic E-state index is 8.70. The van der Waals surface area contributed by atoms with Gasteiger partial charge in [0.1, 0.15) is 0 Å². The molecule has 2 nitrogen and oxygen atoms in total. The minimum absolute atomic E-state index is 0.232. The van der Waals surface area contributed by atoms with Crippen molar-refractivity contribution in [1.82, 2.24) is 0 Å². The van der Waals surface area contributed by atoms with E-state index in [4.69, 9.17) is 5.11 Å². The highest BCUT2D eigenvalue weighted by Gasteiger charge is 2.00. The summed E-state index contributed by atoms with van der Waals surface area (Å²) in [7, 11) is 0. The molecule has 0 saturated heterocycles. The van der Waals surface area contributed by atoms with E-state index in [2.05, 4.69) is 37.0 Å². The van der Waals surface area contributed by atoms with Crippen molar-refractivity contribution < 1.29 is 5.11 Å². The first kappa shape index (κ1) is 11.8. The van der Waals surface area contributed by atoms with E-state index in [1.807, 2.05) is 6.08 Å². The van der Waals surface area contributed by atoms with Crippen molar-refractivity contribution in [3.05, 3.63) is 42.0 Å². The molecule has 0 amide bonds. The fourth-order valence-corrected chi connectivity index (χ4v) is 1.52. The summed E-state index contributed by atoms with van der Waals surface area (Å²) in [4.78, 5) is 0. The Bertz CT molecular complexity index is 320. The van der Waals surface area contributed by atoms with Gasteiger partial charge >= 0.3 is 0 Å². The van der Waals surface area contributed by atoms with Gasteiger partial charge in [-0.3, -0.25) is 0 Å². The highest BCUT2D eigenvalue weighted by Crippen LogP contribution is 2.18. The number of aliphatic hydroxyl groups excluding tert-OH is 1. The number of rotatable bonds is 6. The molecule has 1 aromatic carbocycles. The maximum Gasteiger partial charge on any atom is 0.0447 e. The Hall–Kier alpha value is -1.28. The molecule has 0 spiro atoms. The van der Waals surface area contributed by atoms with Crippen molar-refractivity contribution in [2.45, 2.75) is 19.8 Å². The molecule has 0 aromatic heterocycles. The molecule has 82 valence electrons. The topological polar surface area (TPSA) is 32.3 Å². The van der Waals surface area contributed by atoms with Crippen LogP contribution < -0.4 is 5.32 Å². The largest absolute Gasteiger partial charge is 0.396 e. The number of hydrogen-bond donors (Lipinski definition) is 2. The molecule has 0 aliphatic rings. The molecule has 0 aliphatic heterocycles. The number of allylic oxidation sites excluding steroid dienone is 1. The van der Waals surface area contributed by atoms with E-state index in [0.717, 1.165) is 25.1 Å². The van der Waals surface area contributed by atoms with E-state index >= 15 is 0 Å². The normalized spacial score (nSPS) is 10.0. The lowest BCUT2D eigenvalue weighted by molar-refractivity contribution is 0.292. The van der Waals surface area contributed by atoms with Crippen LogP contribution in [0, 0.1) is 6.92 Å². The van der Waals surface area contributed by atoms with Crippen LogP contribution in [0.25, 0.3) is 0 Å². The van der Waals surface area contributed by atoms with Crippen LogP contribution in [0.1, 0.15) is 17.5 Å². The van der Waals surface area contributed by atoms with Crippen LogP contribution in [0.4, 0.5) is 5.69 Å². The highest BCUT2D eigenvalue weighted by atomic mass is 16.3. The third-order valence-corrected chi connectivity index (χ3v) is 2.28. The van der Waals surface area contributed by atoms with Crippen molar-refractivity contribution in [3.63, 3.8) is 0 Å². The monoisotopic (exact) mass is 205 g/mol. The smallest absolute Gasteiger partial charge is 0.0447 e. The Kier molecular flexibility index (Phi) is 4.91. The van der Waals surface area contributed by atoms with Crippen LogP contribution in [0.15, 0.2) is 30.9 Å². The van der Waals surface area contributed by atoms with Crippen molar-refractivity contribution in [2.24, 2.45) is 0 Å². The van der Waals surface area contributed by atoms with Crippen LogP contribution in [0.3, 0.4) is 0 Å². The SMILES string of the molecule is C=CCc1cc(C)ccc1NCCCO. The van der Waals surface area contributed by atoms with E-state index in [0.29, 0.717) is 0 Å². The lowest BCUT2D eigenvalue weighted by Gasteiger charge is -2.11. The van der Waals surface area contributed by atoms with Gasteiger partial charge in [0.15, 0.2) is 0 Å². The number of nitrogens with one attached hydrogen (secondary N) is 1. The van der Waals surface area contributed by atoms with E-state index < -0.39 is 0 Å². The van der Waals surface area contributed by atoms with Crippen LogP contribution in [0.2, 0.25) is 0 Å². The highest BCUT2D eigenvalue weighted by molar-refractivity contribution is 5.53. The summed E-state index contributed by atoms with van der Waals surface area (Å²) in [6.07, 6.45) is 3.57. The summed E-state index contributed by atoms with van der Waals surface area (Å²) in [5.74, 6) is 0. The van der Waals surface area contributed by atoms with Crippen LogP contribution in [0.5, 0.6) is 0 Å². The molecule has 0 radical (unpaired) electrons. The van der Waals surface area contributed by atoms with Crippen LogP contribution in [-0.4, -0.2) is 18.3 Å². The van der Waals surface area contributed by atoms with Gasteiger partial charge in [0, 0.05) is 18.8 Å². The summed E-state index contributed by atoms with van der Waals surface area (Å²) in [6.45, 7) is 6.88. The van der Waals surface area contributed by atoms with Gasteiger partial charge in [-0.05, 0) is 31.4 Å². The summed E-state index contributed by atoms with van der Waals surface area (Å²) in [5.41, 5.74) is 3.68. The van der Waals surface area contributed by atoms with Crippen molar-refractivity contribution >= 4 is 5.69 Å². The lowest BCUT2D eigenvalue weighted by atomic mass is 10.1. The molecular formula is C13H19NO. The predicted octanol–water partition coefficient (Wildman–Crippen LogP) is 2.52. The van der Waals surface area contributed by atoms with Crippen molar-refractivity contribution in [1.29, 1.82) is 0 Å². The molecule has 1 aromatic rings. The number of hydrogen-bond acceptors (Lipinski definition) is 2. The molecule has 2 N–H and O–H groups in total. The van der Waals surface area contributed by atoms with E-state index in [9.17, 15) is 0 Å². The fourth-order valence-electron chi connectivity index (χ4n) is 1.52. The van der Waals surface area contributed by atoms with Gasteiger partial charge < -0.3 is 10.4 Å². The average molecular weight is 205 g/mol. The molecule has 0 saturated carbocycles. The number of benzene rings is 1. The molecule has 2 heteroatoms. The van der Waals surface area contributed by atoms with Gasteiger partial charge in [-0.2, -0.15) is 0 Å². The first-order chi connectivity index (χ1) is 7.27. The second-order valence-electron chi connectivity index (χ2n) is 3.66. The zero-order valence-corrected chi connectivity index (χ0v) is 9.29. The number of aliphatic hydroxyl groups is 1. The van der Waals surface area contributed by atoms with Gasteiger partial charge in [0.2, 0.25) is 0 Å². The fraction of sp³-hybridized carbons (Fsp3) is 0.385. The predicted molar refractivity (Wildman–Crippen MR) is 65.3 cm³/mol. The standard InChI is InChI=1S/C13H19NO/c1-3-5-12-10-11(2)6-7-13(12)14-8-4-9-15/h3,6-7,10,14-15H,1,4-5,8-9H2,2H3. The molecule has 0 atom stereocenters. The zero-order valence-electron chi connectivity index (χ0n) is 9.29. The van der Waals surface area contributed by atoms with Crippen molar-refractivity contribution in [3.8, 4) is 0 Å². The summed E-state index contributed by atoms with van der Waals surface area (Å²) in [5, 5.41) is 12.0. The molecule has 0 unspecified atom stereocenters. The maximum atomic E-state index is 8.70. The summed E-state index contributed by atoms with van der Waals surface area (Å²) in [6, 6.07) is 6.35. The first-order valence-corrected chi connectivity index (χ1v) is 5.33. The quantitative estimate of drug-likeness (QED) is 0.552. The third-order valence-electron chi connectivity index (χ3n) is 2.28. The molecule has 1 rings (SSSR count). The average Bonchev–Trinajstić information content (AvgIpc) is 2.22.